The Balaban J connectivity index is 1.94. The number of benzene rings is 2. The number of phenols is 1. The highest BCUT2D eigenvalue weighted by Gasteiger charge is 2.32. The van der Waals surface area contributed by atoms with Crippen molar-refractivity contribution in [2.24, 2.45) is 4.99 Å². The van der Waals surface area contributed by atoms with Gasteiger partial charge in [-0.3, -0.25) is 9.69 Å². The summed E-state index contributed by atoms with van der Waals surface area (Å²) in [5.74, 6) is 0.0609. The molecule has 0 unspecified atom stereocenters. The van der Waals surface area contributed by atoms with E-state index in [2.05, 4.69) is 36.9 Å². The van der Waals surface area contributed by atoms with Crippen LogP contribution in [0.1, 0.15) is 12.5 Å². The molecule has 1 fully saturated rings. The second kappa shape index (κ2) is 8.17. The van der Waals surface area contributed by atoms with Crippen molar-refractivity contribution in [2.75, 3.05) is 6.54 Å². The lowest BCUT2D eigenvalue weighted by molar-refractivity contribution is -0.122. The van der Waals surface area contributed by atoms with Gasteiger partial charge in [0.1, 0.15) is 5.75 Å². The van der Waals surface area contributed by atoms with Crippen LogP contribution in [0.3, 0.4) is 0 Å². The van der Waals surface area contributed by atoms with Gasteiger partial charge < -0.3 is 5.11 Å². The molecule has 1 amide bonds. The number of hydrogen-bond donors (Lipinski definition) is 1. The summed E-state index contributed by atoms with van der Waals surface area (Å²) in [5, 5.41) is 10.8. The predicted octanol–water partition coefficient (Wildman–Crippen LogP) is 6.19. The lowest BCUT2D eigenvalue weighted by atomic mass is 10.2. The molecule has 0 radical (unpaired) electrons. The van der Waals surface area contributed by atoms with Gasteiger partial charge in [0.2, 0.25) is 0 Å². The first kappa shape index (κ1) is 19.5. The summed E-state index contributed by atoms with van der Waals surface area (Å²) in [4.78, 5) is 19.5. The molecule has 0 atom stereocenters. The molecule has 0 bridgehead atoms. The summed E-state index contributed by atoms with van der Waals surface area (Å²) in [6.45, 7) is 2.42. The summed E-state index contributed by atoms with van der Waals surface area (Å²) >= 11 is 14.1. The SMILES string of the molecule is CCN1C(=O)/C(=C/c2ccc(O)c(Br)c2)SC1=Nc1ccc(Br)c(Cl)c1. The van der Waals surface area contributed by atoms with Crippen LogP contribution in [0.5, 0.6) is 5.75 Å². The highest BCUT2D eigenvalue weighted by molar-refractivity contribution is 9.10. The van der Waals surface area contributed by atoms with Crippen LogP contribution < -0.4 is 0 Å². The first-order valence-corrected chi connectivity index (χ1v) is 10.4. The minimum atomic E-state index is -0.0938. The summed E-state index contributed by atoms with van der Waals surface area (Å²) in [5.41, 5.74) is 1.50. The van der Waals surface area contributed by atoms with Crippen LogP contribution in [-0.2, 0) is 4.79 Å². The average Bonchev–Trinajstić information content (AvgIpc) is 2.89. The lowest BCUT2D eigenvalue weighted by Crippen LogP contribution is -2.28. The molecule has 1 heterocycles. The Hall–Kier alpha value is -1.28. The molecule has 8 heteroatoms. The zero-order valence-electron chi connectivity index (χ0n) is 13.5. The van der Waals surface area contributed by atoms with Gasteiger partial charge in [0.15, 0.2) is 5.17 Å². The van der Waals surface area contributed by atoms with Crippen molar-refractivity contribution >= 4 is 78.1 Å². The van der Waals surface area contributed by atoms with Crippen molar-refractivity contribution in [1.29, 1.82) is 0 Å². The molecule has 1 N–H and O–H groups in total. The standard InChI is InChI=1S/C18H13Br2ClN2O2S/c1-2-23-17(25)16(8-10-3-6-15(24)13(20)7-10)26-18(23)22-11-4-5-12(19)14(21)9-11/h3-9,24H,2H2,1H3/b16-8-,22-18?. The number of rotatable bonds is 3. The molecule has 0 spiro atoms. The first-order chi connectivity index (χ1) is 12.4. The Morgan fingerprint density at radius 1 is 1.23 bits per heavy atom. The zero-order chi connectivity index (χ0) is 18.8. The highest BCUT2D eigenvalue weighted by Crippen LogP contribution is 2.36. The molecule has 26 heavy (non-hydrogen) atoms. The second-order valence-electron chi connectivity index (χ2n) is 5.36. The van der Waals surface area contributed by atoms with E-state index in [1.54, 1.807) is 35.2 Å². The Morgan fingerprint density at radius 3 is 2.65 bits per heavy atom. The number of likely N-dealkylation sites (N-methyl/N-ethyl adjacent to an activating group) is 1. The smallest absolute Gasteiger partial charge is 0.266 e. The maximum absolute atomic E-state index is 12.7. The van der Waals surface area contributed by atoms with E-state index in [0.29, 0.717) is 31.8 Å². The van der Waals surface area contributed by atoms with E-state index < -0.39 is 0 Å². The van der Waals surface area contributed by atoms with Crippen LogP contribution >= 0.6 is 55.2 Å². The predicted molar refractivity (Wildman–Crippen MR) is 115 cm³/mol. The molecule has 1 aliphatic heterocycles. The molecular weight excluding hydrogens is 504 g/mol. The third kappa shape index (κ3) is 4.17. The molecule has 1 saturated heterocycles. The van der Waals surface area contributed by atoms with Crippen LogP contribution in [0.15, 0.2) is 55.2 Å². The number of aliphatic imine (C=N–C) groups is 1. The van der Waals surface area contributed by atoms with Crippen molar-refractivity contribution < 1.29 is 9.90 Å². The number of thioether (sulfide) groups is 1. The van der Waals surface area contributed by atoms with Crippen LogP contribution in [0.25, 0.3) is 6.08 Å². The normalized spacial score (nSPS) is 17.5. The van der Waals surface area contributed by atoms with Gasteiger partial charge in [-0.15, -0.1) is 0 Å². The van der Waals surface area contributed by atoms with Crippen molar-refractivity contribution in [1.82, 2.24) is 4.90 Å². The average molecular weight is 517 g/mol. The van der Waals surface area contributed by atoms with Gasteiger partial charge in [-0.1, -0.05) is 17.7 Å². The third-order valence-corrected chi connectivity index (χ3v) is 6.48. The Kier molecular flexibility index (Phi) is 6.12. The van der Waals surface area contributed by atoms with E-state index in [1.165, 1.54) is 11.8 Å². The van der Waals surface area contributed by atoms with Crippen LogP contribution in [0.4, 0.5) is 5.69 Å². The number of amides is 1. The van der Waals surface area contributed by atoms with E-state index in [4.69, 9.17) is 11.6 Å². The largest absolute Gasteiger partial charge is 0.507 e. The molecule has 3 rings (SSSR count). The number of carbonyl (C=O) groups is 1. The topological polar surface area (TPSA) is 52.9 Å². The van der Waals surface area contributed by atoms with Crippen LogP contribution in [0, 0.1) is 0 Å². The van der Waals surface area contributed by atoms with E-state index in [-0.39, 0.29) is 11.7 Å². The van der Waals surface area contributed by atoms with Crippen molar-refractivity contribution in [2.45, 2.75) is 6.92 Å². The molecule has 4 nitrogen and oxygen atoms in total. The Bertz CT molecular complexity index is 947. The lowest BCUT2D eigenvalue weighted by Gasteiger charge is -2.12. The maximum Gasteiger partial charge on any atom is 0.266 e. The minimum absolute atomic E-state index is 0.0938. The van der Waals surface area contributed by atoms with Gasteiger partial charge >= 0.3 is 0 Å². The second-order valence-corrected chi connectivity index (χ2v) is 8.49. The third-order valence-electron chi connectivity index (χ3n) is 3.60. The fourth-order valence-electron chi connectivity index (χ4n) is 2.30. The van der Waals surface area contributed by atoms with Gasteiger partial charge in [-0.25, -0.2) is 4.99 Å². The number of carbonyl (C=O) groups excluding carboxylic acids is 1. The number of aromatic hydroxyl groups is 1. The summed E-state index contributed by atoms with van der Waals surface area (Å²) in [6.07, 6.45) is 1.79. The maximum atomic E-state index is 12.7. The van der Waals surface area contributed by atoms with Gasteiger partial charge in [0.25, 0.3) is 5.91 Å². The molecule has 0 saturated carbocycles. The Labute approximate surface area is 177 Å². The highest BCUT2D eigenvalue weighted by atomic mass is 79.9. The molecule has 0 aromatic heterocycles. The van der Waals surface area contributed by atoms with E-state index >= 15 is 0 Å². The molecule has 2 aromatic carbocycles. The first-order valence-electron chi connectivity index (χ1n) is 7.62. The van der Waals surface area contributed by atoms with E-state index in [0.717, 1.165) is 10.0 Å². The van der Waals surface area contributed by atoms with E-state index in [9.17, 15) is 9.90 Å². The quantitative estimate of drug-likeness (QED) is 0.495. The molecule has 0 aliphatic carbocycles. The van der Waals surface area contributed by atoms with Gasteiger partial charge in [-0.2, -0.15) is 0 Å². The number of halogens is 3. The minimum Gasteiger partial charge on any atom is -0.507 e. The fourth-order valence-corrected chi connectivity index (χ4v) is 4.18. The molecule has 134 valence electrons. The van der Waals surface area contributed by atoms with Crippen molar-refractivity contribution in [3.63, 3.8) is 0 Å². The van der Waals surface area contributed by atoms with Gasteiger partial charge in [0.05, 0.1) is 20.1 Å². The number of amidine groups is 1. The van der Waals surface area contributed by atoms with Gasteiger partial charge in [-0.05, 0) is 92.5 Å². The Morgan fingerprint density at radius 2 is 2.00 bits per heavy atom. The van der Waals surface area contributed by atoms with Crippen molar-refractivity contribution in [3.8, 4) is 5.75 Å². The molecule has 1 aliphatic rings. The number of phenolic OH excluding ortho intramolecular Hbond substituents is 1. The summed E-state index contributed by atoms with van der Waals surface area (Å²) in [6, 6.07) is 10.5. The monoisotopic (exact) mass is 514 g/mol. The van der Waals surface area contributed by atoms with Crippen molar-refractivity contribution in [3.05, 3.63) is 60.8 Å². The summed E-state index contributed by atoms with van der Waals surface area (Å²) < 4.78 is 1.37. The zero-order valence-corrected chi connectivity index (χ0v) is 18.3. The van der Waals surface area contributed by atoms with E-state index in [1.807, 2.05) is 19.1 Å². The van der Waals surface area contributed by atoms with Crippen LogP contribution in [0.2, 0.25) is 5.02 Å². The summed E-state index contributed by atoms with van der Waals surface area (Å²) in [7, 11) is 0. The van der Waals surface area contributed by atoms with Crippen LogP contribution in [-0.4, -0.2) is 27.6 Å². The molecular formula is C18H13Br2ClN2O2S. The number of hydrogen-bond acceptors (Lipinski definition) is 4. The number of nitrogens with zero attached hydrogens (tertiary/aromatic N) is 2. The molecule has 2 aromatic rings. The van der Waals surface area contributed by atoms with Gasteiger partial charge in [0, 0.05) is 11.0 Å². The fraction of sp³-hybridized carbons (Fsp3) is 0.111.